The number of hydrogen-bond acceptors (Lipinski definition) is 2. The van der Waals surface area contributed by atoms with Crippen molar-refractivity contribution in [3.05, 3.63) is 0 Å². The van der Waals surface area contributed by atoms with Crippen molar-refractivity contribution in [1.29, 1.82) is 0 Å². The first-order valence-electron chi connectivity index (χ1n) is 7.08. The molecule has 98 valence electrons. The Bertz CT molecular complexity index is 265. The largest absolute Gasteiger partial charge is 0.355 e. The van der Waals surface area contributed by atoms with E-state index in [1.165, 1.54) is 19.3 Å². The Morgan fingerprint density at radius 3 is 2.59 bits per heavy atom. The number of nitrogens with one attached hydrogen (secondary N) is 2. The summed E-state index contributed by atoms with van der Waals surface area (Å²) in [6.07, 6.45) is 6.23. The van der Waals surface area contributed by atoms with Gasteiger partial charge in [0.2, 0.25) is 5.91 Å². The Labute approximate surface area is 105 Å². The zero-order valence-corrected chi connectivity index (χ0v) is 11.2. The normalized spacial score (nSPS) is 26.4. The Hall–Kier alpha value is -0.570. The molecule has 3 nitrogen and oxygen atoms in total. The Morgan fingerprint density at radius 1 is 1.29 bits per heavy atom. The van der Waals surface area contributed by atoms with E-state index in [4.69, 9.17) is 0 Å². The number of rotatable bonds is 4. The van der Waals surface area contributed by atoms with Gasteiger partial charge in [-0.3, -0.25) is 4.79 Å². The lowest BCUT2D eigenvalue weighted by molar-refractivity contribution is -0.126. The summed E-state index contributed by atoms with van der Waals surface area (Å²) in [6.45, 7) is 7.34. The molecule has 0 radical (unpaired) electrons. The molecular formula is C14H26N2O. The lowest BCUT2D eigenvalue weighted by atomic mass is 9.67. The summed E-state index contributed by atoms with van der Waals surface area (Å²) in [7, 11) is 0. The number of hydrogen-bond donors (Lipinski definition) is 2. The van der Waals surface area contributed by atoms with Gasteiger partial charge in [0, 0.05) is 13.1 Å². The van der Waals surface area contributed by atoms with Crippen LogP contribution in [0.25, 0.3) is 0 Å². The standard InChI is InChI=1S/C14H26N2O/c1-14(2,12-6-3-7-12)10-16-13(17)11-5-4-8-15-9-11/h11-12,15H,3-10H2,1-2H3,(H,16,17). The third kappa shape index (κ3) is 3.21. The third-order valence-electron chi connectivity index (χ3n) is 4.60. The van der Waals surface area contributed by atoms with Gasteiger partial charge in [-0.25, -0.2) is 0 Å². The second kappa shape index (κ2) is 5.38. The summed E-state index contributed by atoms with van der Waals surface area (Å²) < 4.78 is 0. The smallest absolute Gasteiger partial charge is 0.224 e. The summed E-state index contributed by atoms with van der Waals surface area (Å²) in [5.74, 6) is 1.26. The lowest BCUT2D eigenvalue weighted by Crippen LogP contribution is -2.45. The molecule has 0 aromatic heterocycles. The third-order valence-corrected chi connectivity index (χ3v) is 4.60. The van der Waals surface area contributed by atoms with Crippen molar-refractivity contribution in [3.8, 4) is 0 Å². The van der Waals surface area contributed by atoms with Crippen LogP contribution in [0.5, 0.6) is 0 Å². The maximum atomic E-state index is 12.0. The minimum atomic E-state index is 0.195. The minimum absolute atomic E-state index is 0.195. The Morgan fingerprint density at radius 2 is 2.06 bits per heavy atom. The fourth-order valence-corrected chi connectivity index (χ4v) is 2.87. The van der Waals surface area contributed by atoms with Crippen LogP contribution >= 0.6 is 0 Å². The van der Waals surface area contributed by atoms with E-state index in [9.17, 15) is 4.79 Å². The van der Waals surface area contributed by atoms with E-state index in [0.717, 1.165) is 38.4 Å². The first-order valence-corrected chi connectivity index (χ1v) is 7.08. The van der Waals surface area contributed by atoms with Gasteiger partial charge < -0.3 is 10.6 Å². The Kier molecular flexibility index (Phi) is 4.08. The van der Waals surface area contributed by atoms with Crippen LogP contribution in [0.1, 0.15) is 46.0 Å². The van der Waals surface area contributed by atoms with Gasteiger partial charge in [-0.05, 0) is 43.6 Å². The predicted molar refractivity (Wildman–Crippen MR) is 69.7 cm³/mol. The SMILES string of the molecule is CC(C)(CNC(=O)C1CCCNC1)C1CCC1. The summed E-state index contributed by atoms with van der Waals surface area (Å²) >= 11 is 0. The molecule has 1 heterocycles. The number of carbonyl (C=O) groups is 1. The second-order valence-electron chi connectivity index (χ2n) is 6.38. The highest BCUT2D eigenvalue weighted by Gasteiger charge is 2.34. The highest BCUT2D eigenvalue weighted by Crippen LogP contribution is 2.41. The zero-order chi connectivity index (χ0) is 12.3. The molecular weight excluding hydrogens is 212 g/mol. The molecule has 17 heavy (non-hydrogen) atoms. The van der Waals surface area contributed by atoms with Crippen LogP contribution in [0.15, 0.2) is 0 Å². The minimum Gasteiger partial charge on any atom is -0.355 e. The van der Waals surface area contributed by atoms with Crippen LogP contribution in [0.2, 0.25) is 0 Å². The molecule has 1 aliphatic carbocycles. The van der Waals surface area contributed by atoms with Gasteiger partial charge in [-0.15, -0.1) is 0 Å². The van der Waals surface area contributed by atoms with Crippen LogP contribution in [0.3, 0.4) is 0 Å². The van der Waals surface area contributed by atoms with Gasteiger partial charge >= 0.3 is 0 Å². The Balaban J connectivity index is 1.74. The molecule has 1 saturated carbocycles. The highest BCUT2D eigenvalue weighted by atomic mass is 16.1. The molecule has 2 aliphatic rings. The van der Waals surface area contributed by atoms with Crippen LogP contribution < -0.4 is 10.6 Å². The van der Waals surface area contributed by atoms with Crippen molar-refractivity contribution >= 4 is 5.91 Å². The van der Waals surface area contributed by atoms with E-state index in [1.807, 2.05) is 0 Å². The summed E-state index contributed by atoms with van der Waals surface area (Å²) in [5.41, 5.74) is 0.274. The maximum absolute atomic E-state index is 12.0. The molecule has 0 aromatic carbocycles. The van der Waals surface area contributed by atoms with Crippen molar-refractivity contribution in [2.75, 3.05) is 19.6 Å². The lowest BCUT2D eigenvalue weighted by Gasteiger charge is -2.40. The molecule has 2 N–H and O–H groups in total. The van der Waals surface area contributed by atoms with Crippen LogP contribution in [0, 0.1) is 17.3 Å². The van der Waals surface area contributed by atoms with Crippen LogP contribution in [-0.2, 0) is 4.79 Å². The molecule has 3 heteroatoms. The number of piperidine rings is 1. The average molecular weight is 238 g/mol. The molecule has 1 aliphatic heterocycles. The first-order chi connectivity index (χ1) is 8.09. The van der Waals surface area contributed by atoms with Gasteiger partial charge in [0.15, 0.2) is 0 Å². The number of carbonyl (C=O) groups excluding carboxylic acids is 1. The maximum Gasteiger partial charge on any atom is 0.224 e. The molecule has 0 spiro atoms. The number of amides is 1. The van der Waals surface area contributed by atoms with E-state index in [1.54, 1.807) is 0 Å². The summed E-state index contributed by atoms with van der Waals surface area (Å²) in [6, 6.07) is 0. The van der Waals surface area contributed by atoms with Crippen molar-refractivity contribution in [1.82, 2.24) is 10.6 Å². The van der Waals surface area contributed by atoms with Crippen molar-refractivity contribution < 1.29 is 4.79 Å². The molecule has 1 unspecified atom stereocenters. The topological polar surface area (TPSA) is 41.1 Å². The van der Waals surface area contributed by atoms with E-state index in [-0.39, 0.29) is 17.2 Å². The predicted octanol–water partition coefficient (Wildman–Crippen LogP) is 1.93. The fourth-order valence-electron chi connectivity index (χ4n) is 2.87. The van der Waals surface area contributed by atoms with Gasteiger partial charge in [-0.2, -0.15) is 0 Å². The monoisotopic (exact) mass is 238 g/mol. The van der Waals surface area contributed by atoms with Gasteiger partial charge in [0.25, 0.3) is 0 Å². The molecule has 1 saturated heterocycles. The van der Waals surface area contributed by atoms with Gasteiger partial charge in [-0.1, -0.05) is 20.3 Å². The van der Waals surface area contributed by atoms with E-state index in [0.29, 0.717) is 0 Å². The van der Waals surface area contributed by atoms with Crippen molar-refractivity contribution in [2.45, 2.75) is 46.0 Å². The zero-order valence-electron chi connectivity index (χ0n) is 11.2. The first kappa shape index (κ1) is 12.9. The quantitative estimate of drug-likeness (QED) is 0.786. The molecule has 2 fully saturated rings. The van der Waals surface area contributed by atoms with Crippen molar-refractivity contribution in [3.63, 3.8) is 0 Å². The molecule has 0 bridgehead atoms. The van der Waals surface area contributed by atoms with E-state index >= 15 is 0 Å². The van der Waals surface area contributed by atoms with Crippen molar-refractivity contribution in [2.24, 2.45) is 17.3 Å². The summed E-state index contributed by atoms with van der Waals surface area (Å²) in [5, 5.41) is 6.46. The van der Waals surface area contributed by atoms with Gasteiger partial charge in [0.1, 0.15) is 0 Å². The highest BCUT2D eigenvalue weighted by molar-refractivity contribution is 5.79. The van der Waals surface area contributed by atoms with E-state index in [2.05, 4.69) is 24.5 Å². The second-order valence-corrected chi connectivity index (χ2v) is 6.38. The van der Waals surface area contributed by atoms with E-state index < -0.39 is 0 Å². The van der Waals surface area contributed by atoms with Gasteiger partial charge in [0.05, 0.1) is 5.92 Å². The molecule has 2 rings (SSSR count). The van der Waals surface area contributed by atoms with Crippen LogP contribution in [-0.4, -0.2) is 25.5 Å². The van der Waals surface area contributed by atoms with Crippen LogP contribution in [0.4, 0.5) is 0 Å². The molecule has 0 aromatic rings. The fraction of sp³-hybridized carbons (Fsp3) is 0.929. The average Bonchev–Trinajstić information content (AvgIpc) is 2.24. The molecule has 1 atom stereocenters. The summed E-state index contributed by atoms with van der Waals surface area (Å²) in [4.78, 5) is 12.0. The molecule has 1 amide bonds.